The van der Waals surface area contributed by atoms with Crippen LogP contribution in [0.3, 0.4) is 0 Å². The Morgan fingerprint density at radius 1 is 0.788 bits per heavy atom. The van der Waals surface area contributed by atoms with E-state index in [-0.39, 0.29) is 18.8 Å². The number of amides is 3. The highest BCUT2D eigenvalue weighted by Crippen LogP contribution is 2.06. The maximum Gasteiger partial charge on any atom is 0.326 e. The molecule has 3 amide bonds. The van der Waals surface area contributed by atoms with Gasteiger partial charge in [0, 0.05) is 6.42 Å². The van der Waals surface area contributed by atoms with Gasteiger partial charge in [-0.15, -0.1) is 0 Å². The zero-order valence-electron chi connectivity index (χ0n) is 18.6. The van der Waals surface area contributed by atoms with Crippen LogP contribution in [0.2, 0.25) is 0 Å². The molecular weight excluding hydrogens is 444 g/mol. The van der Waals surface area contributed by atoms with E-state index in [1.165, 1.54) is 0 Å². The molecule has 0 fully saturated rings. The Balaban J connectivity index is 5.50. The van der Waals surface area contributed by atoms with Crippen molar-refractivity contribution in [2.75, 3.05) is 0 Å². The molecular formula is C19H32N4O10. The summed E-state index contributed by atoms with van der Waals surface area (Å²) < 4.78 is 0. The number of carboxylic acids is 3. The van der Waals surface area contributed by atoms with Crippen molar-refractivity contribution >= 4 is 35.6 Å². The highest BCUT2D eigenvalue weighted by molar-refractivity contribution is 5.95. The molecule has 33 heavy (non-hydrogen) atoms. The second-order valence-corrected chi connectivity index (χ2v) is 7.95. The van der Waals surface area contributed by atoms with Crippen LogP contribution in [0.5, 0.6) is 0 Å². The van der Waals surface area contributed by atoms with E-state index < -0.39 is 78.7 Å². The number of aliphatic hydroxyl groups is 1. The Kier molecular flexibility index (Phi) is 12.6. The van der Waals surface area contributed by atoms with Gasteiger partial charge in [0.05, 0.1) is 18.6 Å². The van der Waals surface area contributed by atoms with Gasteiger partial charge in [-0.2, -0.15) is 0 Å². The van der Waals surface area contributed by atoms with Crippen molar-refractivity contribution in [1.82, 2.24) is 16.0 Å². The smallest absolute Gasteiger partial charge is 0.326 e. The number of aliphatic hydroxyl groups excluding tert-OH is 1. The summed E-state index contributed by atoms with van der Waals surface area (Å²) in [5.74, 6) is -7.27. The third kappa shape index (κ3) is 11.8. The average Bonchev–Trinajstić information content (AvgIpc) is 2.66. The van der Waals surface area contributed by atoms with Gasteiger partial charge in [-0.25, -0.2) is 4.79 Å². The van der Waals surface area contributed by atoms with Gasteiger partial charge in [0.2, 0.25) is 17.7 Å². The lowest BCUT2D eigenvalue weighted by Gasteiger charge is -2.26. The first-order valence-corrected chi connectivity index (χ1v) is 10.2. The Hall–Kier alpha value is -3.26. The molecule has 0 aromatic carbocycles. The molecule has 0 unspecified atom stereocenters. The topological polar surface area (TPSA) is 245 Å². The van der Waals surface area contributed by atoms with Crippen molar-refractivity contribution < 1.29 is 49.2 Å². The van der Waals surface area contributed by atoms with Crippen LogP contribution in [0, 0.1) is 5.92 Å². The minimum absolute atomic E-state index is 0.0633. The Labute approximate surface area is 189 Å². The number of carboxylic acid groups (broad SMARTS) is 3. The molecule has 0 radical (unpaired) electrons. The number of carbonyl (C=O) groups is 6. The number of hydrogen-bond acceptors (Lipinski definition) is 8. The monoisotopic (exact) mass is 476 g/mol. The zero-order valence-corrected chi connectivity index (χ0v) is 18.6. The molecule has 188 valence electrons. The number of nitrogens with two attached hydrogens (primary N) is 1. The summed E-state index contributed by atoms with van der Waals surface area (Å²) in [5.41, 5.74) is 5.78. The van der Waals surface area contributed by atoms with E-state index in [9.17, 15) is 33.9 Å². The van der Waals surface area contributed by atoms with Crippen molar-refractivity contribution in [1.29, 1.82) is 0 Å². The largest absolute Gasteiger partial charge is 0.481 e. The van der Waals surface area contributed by atoms with E-state index in [2.05, 4.69) is 10.6 Å². The summed E-state index contributed by atoms with van der Waals surface area (Å²) in [6.45, 7) is 4.76. The summed E-state index contributed by atoms with van der Waals surface area (Å²) in [4.78, 5) is 70.3. The van der Waals surface area contributed by atoms with Crippen LogP contribution >= 0.6 is 0 Å². The molecule has 0 aromatic heterocycles. The summed E-state index contributed by atoms with van der Waals surface area (Å²) in [5, 5.41) is 43.0. The molecule has 0 aliphatic heterocycles. The van der Waals surface area contributed by atoms with Crippen molar-refractivity contribution in [3.05, 3.63) is 0 Å². The van der Waals surface area contributed by atoms with Gasteiger partial charge in [0.1, 0.15) is 18.1 Å². The lowest BCUT2D eigenvalue weighted by atomic mass is 10.0. The highest BCUT2D eigenvalue weighted by atomic mass is 16.4. The fourth-order valence-electron chi connectivity index (χ4n) is 2.73. The number of nitrogens with one attached hydrogen (secondary N) is 3. The number of aliphatic carboxylic acids is 3. The minimum atomic E-state index is -1.83. The normalized spacial score (nSPS) is 15.5. The van der Waals surface area contributed by atoms with Crippen LogP contribution < -0.4 is 21.7 Å². The van der Waals surface area contributed by atoms with E-state index in [1.54, 1.807) is 0 Å². The number of carbonyl (C=O) groups excluding carboxylic acids is 3. The van der Waals surface area contributed by atoms with Crippen LogP contribution in [0.4, 0.5) is 0 Å². The van der Waals surface area contributed by atoms with E-state index in [4.69, 9.17) is 21.1 Å². The van der Waals surface area contributed by atoms with Gasteiger partial charge in [-0.05, 0) is 25.7 Å². The summed E-state index contributed by atoms with van der Waals surface area (Å²) >= 11 is 0. The fraction of sp³-hybridized carbons (Fsp3) is 0.684. The fourth-order valence-corrected chi connectivity index (χ4v) is 2.73. The second kappa shape index (κ2) is 14.0. The molecule has 5 atom stereocenters. The molecule has 14 nitrogen and oxygen atoms in total. The van der Waals surface area contributed by atoms with Crippen LogP contribution in [-0.2, 0) is 28.8 Å². The molecule has 0 heterocycles. The van der Waals surface area contributed by atoms with Crippen molar-refractivity contribution in [3.8, 4) is 0 Å². The summed E-state index contributed by atoms with van der Waals surface area (Å²) in [6, 6.07) is -5.95. The molecule has 0 aromatic rings. The molecule has 0 aliphatic rings. The molecule has 0 aliphatic carbocycles. The predicted octanol–water partition coefficient (Wildman–Crippen LogP) is -2.38. The van der Waals surface area contributed by atoms with Crippen molar-refractivity contribution in [2.45, 2.75) is 76.7 Å². The molecule has 0 saturated heterocycles. The lowest BCUT2D eigenvalue weighted by molar-refractivity contribution is -0.148. The van der Waals surface area contributed by atoms with Gasteiger partial charge in [-0.1, -0.05) is 13.8 Å². The Morgan fingerprint density at radius 2 is 1.33 bits per heavy atom. The van der Waals surface area contributed by atoms with Gasteiger partial charge in [0.25, 0.3) is 0 Å². The molecule has 0 rings (SSSR count). The Bertz CT molecular complexity index is 740. The predicted molar refractivity (Wildman–Crippen MR) is 112 cm³/mol. The maximum atomic E-state index is 12.7. The molecule has 0 bridgehead atoms. The van der Waals surface area contributed by atoms with Gasteiger partial charge in [0.15, 0.2) is 0 Å². The van der Waals surface area contributed by atoms with E-state index >= 15 is 0 Å². The minimum Gasteiger partial charge on any atom is -0.481 e. The standard InChI is InChI=1S/C19H32N4O10/c1-8(2)6-10(20)16(29)21-11(4-5-13(25)26)17(30)23-15(9(3)24)18(31)22-12(19(32)33)7-14(27)28/h8-12,15,24H,4-7,20H2,1-3H3,(H,21,29)(H,22,31)(H,23,30)(H,25,26)(H,27,28)(H,32,33)/t9-,10+,11+,12+,15+/m1/s1. The van der Waals surface area contributed by atoms with E-state index in [0.29, 0.717) is 0 Å². The van der Waals surface area contributed by atoms with E-state index in [1.807, 2.05) is 19.2 Å². The number of hydrogen-bond donors (Lipinski definition) is 8. The third-order valence-corrected chi connectivity index (χ3v) is 4.40. The van der Waals surface area contributed by atoms with Gasteiger partial charge >= 0.3 is 17.9 Å². The molecule has 0 spiro atoms. The van der Waals surface area contributed by atoms with Crippen molar-refractivity contribution in [3.63, 3.8) is 0 Å². The second-order valence-electron chi connectivity index (χ2n) is 7.95. The van der Waals surface area contributed by atoms with Gasteiger partial charge < -0.3 is 42.1 Å². The quantitative estimate of drug-likeness (QED) is 0.124. The van der Waals surface area contributed by atoms with Crippen molar-refractivity contribution in [2.24, 2.45) is 11.7 Å². The van der Waals surface area contributed by atoms with Crippen LogP contribution in [-0.4, -0.2) is 86.3 Å². The average molecular weight is 476 g/mol. The lowest BCUT2D eigenvalue weighted by Crippen LogP contribution is -2.60. The maximum absolute atomic E-state index is 12.7. The SMILES string of the molecule is CC(C)C[C@H](N)C(=O)N[C@@H](CCC(=O)O)C(=O)N[C@H](C(=O)N[C@@H](CC(=O)O)C(=O)O)[C@@H](C)O. The highest BCUT2D eigenvalue weighted by Gasteiger charge is 2.33. The molecule has 9 N–H and O–H groups in total. The Morgan fingerprint density at radius 3 is 1.76 bits per heavy atom. The summed E-state index contributed by atoms with van der Waals surface area (Å²) in [7, 11) is 0. The first-order valence-electron chi connectivity index (χ1n) is 10.2. The zero-order chi connectivity index (χ0) is 25.9. The first kappa shape index (κ1) is 29.7. The van der Waals surface area contributed by atoms with E-state index in [0.717, 1.165) is 6.92 Å². The van der Waals surface area contributed by atoms with Crippen LogP contribution in [0.1, 0.15) is 46.5 Å². The first-order chi connectivity index (χ1) is 15.1. The third-order valence-electron chi connectivity index (χ3n) is 4.40. The van der Waals surface area contributed by atoms with Gasteiger partial charge in [-0.3, -0.25) is 24.0 Å². The number of rotatable bonds is 15. The van der Waals surface area contributed by atoms with Crippen LogP contribution in [0.25, 0.3) is 0 Å². The van der Waals surface area contributed by atoms with Crippen LogP contribution in [0.15, 0.2) is 0 Å². The molecule has 0 saturated carbocycles. The summed E-state index contributed by atoms with van der Waals surface area (Å²) in [6.07, 6.45) is -3.08. The molecule has 14 heteroatoms.